The largest absolute Gasteiger partial charge is 0.507 e. The molecule has 0 saturated heterocycles. The summed E-state index contributed by atoms with van der Waals surface area (Å²) < 4.78 is 10.4. The Labute approximate surface area is 286 Å². The van der Waals surface area contributed by atoms with Crippen LogP contribution in [0.15, 0.2) is 48.5 Å². The molecule has 0 aliphatic rings. The van der Waals surface area contributed by atoms with Gasteiger partial charge >= 0.3 is 11.9 Å². The third-order valence-corrected chi connectivity index (χ3v) is 8.46. The molecule has 2 N–H and O–H groups in total. The normalized spacial score (nSPS) is 10.7. The zero-order chi connectivity index (χ0) is 34.2. The van der Waals surface area contributed by atoms with Crippen molar-refractivity contribution in [2.75, 3.05) is 13.2 Å². The Bertz CT molecular complexity index is 1040. The Morgan fingerprint density at radius 2 is 0.681 bits per heavy atom. The van der Waals surface area contributed by atoms with E-state index in [1.54, 1.807) is 36.4 Å². The van der Waals surface area contributed by atoms with Crippen LogP contribution in [-0.4, -0.2) is 35.4 Å². The van der Waals surface area contributed by atoms with Crippen LogP contribution < -0.4 is 0 Å². The summed E-state index contributed by atoms with van der Waals surface area (Å²) in [7, 11) is 0. The Morgan fingerprint density at radius 3 is 0.957 bits per heavy atom. The van der Waals surface area contributed by atoms with Crippen molar-refractivity contribution in [3.05, 3.63) is 59.7 Å². The zero-order valence-corrected chi connectivity index (χ0v) is 29.8. The van der Waals surface area contributed by atoms with Gasteiger partial charge in [-0.3, -0.25) is 0 Å². The van der Waals surface area contributed by atoms with E-state index in [0.717, 1.165) is 25.7 Å². The highest BCUT2D eigenvalue weighted by Crippen LogP contribution is 2.18. The first-order valence-corrected chi connectivity index (χ1v) is 18.9. The molecule has 0 aromatic heterocycles. The molecular formula is C41H66O6. The lowest BCUT2D eigenvalue weighted by atomic mass is 10.1. The van der Waals surface area contributed by atoms with Gasteiger partial charge in [0.2, 0.25) is 0 Å². The predicted octanol–water partition coefficient (Wildman–Crippen LogP) is 12.1. The van der Waals surface area contributed by atoms with Gasteiger partial charge in [0.15, 0.2) is 0 Å². The molecule has 0 aliphatic carbocycles. The van der Waals surface area contributed by atoms with E-state index < -0.39 is 11.9 Å². The van der Waals surface area contributed by atoms with Gasteiger partial charge in [0.05, 0.1) is 13.2 Å². The van der Waals surface area contributed by atoms with Crippen LogP contribution in [0.4, 0.5) is 0 Å². The molecule has 266 valence electrons. The first-order chi connectivity index (χ1) is 23.0. The van der Waals surface area contributed by atoms with E-state index in [9.17, 15) is 19.8 Å². The van der Waals surface area contributed by atoms with Crippen LogP contribution in [0.2, 0.25) is 0 Å². The number of hydrogen-bond acceptors (Lipinski definition) is 6. The lowest BCUT2D eigenvalue weighted by molar-refractivity contribution is 0.0484. The van der Waals surface area contributed by atoms with E-state index >= 15 is 0 Å². The third kappa shape index (κ3) is 23.0. The summed E-state index contributed by atoms with van der Waals surface area (Å²) in [4.78, 5) is 23.6. The minimum absolute atomic E-state index is 0.0165. The van der Waals surface area contributed by atoms with Crippen LogP contribution in [0.3, 0.4) is 0 Å². The maximum atomic E-state index is 11.8. The molecule has 0 spiro atoms. The fraction of sp³-hybridized carbons (Fsp3) is 0.659. The highest BCUT2D eigenvalue weighted by molar-refractivity contribution is 5.92. The molecule has 0 fully saturated rings. The van der Waals surface area contributed by atoms with Crippen LogP contribution in [0, 0.1) is 0 Å². The minimum atomic E-state index is -0.435. The molecular weight excluding hydrogens is 588 g/mol. The van der Waals surface area contributed by atoms with Crippen molar-refractivity contribution in [3.8, 4) is 11.5 Å². The number of phenolic OH excluding ortho intramolecular Hbond substituents is 2. The van der Waals surface area contributed by atoms with Crippen LogP contribution in [0.25, 0.3) is 0 Å². The number of carbonyl (C=O) groups is 2. The molecule has 6 nitrogen and oxygen atoms in total. The molecule has 0 heterocycles. The van der Waals surface area contributed by atoms with Gasteiger partial charge in [-0.2, -0.15) is 0 Å². The maximum Gasteiger partial charge on any atom is 0.341 e. The highest BCUT2D eigenvalue weighted by atomic mass is 16.5. The summed E-state index contributed by atoms with van der Waals surface area (Å²) in [6, 6.07) is 13.0. The molecule has 0 bridgehead atoms. The van der Waals surface area contributed by atoms with Gasteiger partial charge in [0.25, 0.3) is 0 Å². The number of hydrogen-bond donors (Lipinski definition) is 2. The lowest BCUT2D eigenvalue weighted by Gasteiger charge is -2.06. The van der Waals surface area contributed by atoms with Gasteiger partial charge in [-0.1, -0.05) is 173 Å². The van der Waals surface area contributed by atoms with E-state index in [0.29, 0.717) is 13.2 Å². The minimum Gasteiger partial charge on any atom is -0.507 e. The maximum absolute atomic E-state index is 11.8. The SMILES string of the molecule is CCCCCCCCCCCCCCOC(=O)c1ccccc1O.CCCCCCCCCCCCCOC(=O)c1ccccc1O. The van der Waals surface area contributed by atoms with Gasteiger partial charge in [-0.05, 0) is 37.1 Å². The summed E-state index contributed by atoms with van der Waals surface area (Å²) >= 11 is 0. The molecule has 0 aliphatic heterocycles. The molecule has 2 rings (SSSR count). The van der Waals surface area contributed by atoms with Crippen LogP contribution in [0.1, 0.15) is 182 Å². The number of phenols is 2. The molecule has 0 unspecified atom stereocenters. The standard InChI is InChI=1S/C21H34O3.C20H32O3/c1-2-3-4-5-6-7-8-9-10-11-12-15-18-24-21(23)19-16-13-14-17-20(19)22;1-2-3-4-5-6-7-8-9-10-11-14-17-23-20(22)18-15-12-13-16-19(18)21/h13-14,16-17,22H,2-12,15,18H2,1H3;12-13,15-16,21H,2-11,14,17H2,1H3. The fourth-order valence-electron chi connectivity index (χ4n) is 5.49. The van der Waals surface area contributed by atoms with Gasteiger partial charge in [-0.15, -0.1) is 0 Å². The van der Waals surface area contributed by atoms with E-state index in [2.05, 4.69) is 13.8 Å². The molecule has 2 aromatic carbocycles. The van der Waals surface area contributed by atoms with Crippen molar-refractivity contribution in [3.63, 3.8) is 0 Å². The Balaban J connectivity index is 0.000000470. The van der Waals surface area contributed by atoms with Crippen molar-refractivity contribution in [1.82, 2.24) is 0 Å². The molecule has 2 aromatic rings. The first kappa shape index (κ1) is 42.0. The smallest absolute Gasteiger partial charge is 0.341 e. The number of aromatic hydroxyl groups is 2. The number of unbranched alkanes of at least 4 members (excludes halogenated alkanes) is 21. The van der Waals surface area contributed by atoms with Crippen molar-refractivity contribution >= 4 is 11.9 Å². The average Bonchev–Trinajstić information content (AvgIpc) is 3.08. The monoisotopic (exact) mass is 654 g/mol. The molecule has 0 radical (unpaired) electrons. The summed E-state index contributed by atoms with van der Waals surface area (Å²) in [5, 5.41) is 19.2. The van der Waals surface area contributed by atoms with E-state index in [1.807, 2.05) is 0 Å². The number of rotatable bonds is 27. The fourth-order valence-corrected chi connectivity index (χ4v) is 5.49. The highest BCUT2D eigenvalue weighted by Gasteiger charge is 2.12. The average molecular weight is 655 g/mol. The van der Waals surface area contributed by atoms with Gasteiger partial charge in [0.1, 0.15) is 22.6 Å². The van der Waals surface area contributed by atoms with E-state index in [1.165, 1.54) is 134 Å². The summed E-state index contributed by atoms with van der Waals surface area (Å²) in [5.74, 6) is -0.903. The Hall–Kier alpha value is -3.02. The molecule has 0 amide bonds. The second-order valence-electron chi connectivity index (χ2n) is 12.7. The van der Waals surface area contributed by atoms with Crippen molar-refractivity contribution in [2.45, 2.75) is 162 Å². The Kier molecular flexibility index (Phi) is 27.1. The summed E-state index contributed by atoms with van der Waals surface area (Å²) in [6.07, 6.45) is 29.4. The van der Waals surface area contributed by atoms with Crippen LogP contribution >= 0.6 is 0 Å². The number of benzene rings is 2. The van der Waals surface area contributed by atoms with E-state index in [-0.39, 0.29) is 22.6 Å². The quantitative estimate of drug-likeness (QED) is 0.0735. The Morgan fingerprint density at radius 1 is 0.426 bits per heavy atom. The first-order valence-electron chi connectivity index (χ1n) is 18.9. The second kappa shape index (κ2) is 30.3. The van der Waals surface area contributed by atoms with Crippen molar-refractivity contribution in [2.24, 2.45) is 0 Å². The zero-order valence-electron chi connectivity index (χ0n) is 29.8. The molecule has 0 saturated carbocycles. The predicted molar refractivity (Wildman–Crippen MR) is 194 cm³/mol. The molecule has 47 heavy (non-hydrogen) atoms. The van der Waals surface area contributed by atoms with E-state index in [4.69, 9.17) is 9.47 Å². The van der Waals surface area contributed by atoms with Crippen LogP contribution in [0.5, 0.6) is 11.5 Å². The summed E-state index contributed by atoms with van der Waals surface area (Å²) in [5.41, 5.74) is 0.493. The third-order valence-electron chi connectivity index (χ3n) is 8.46. The van der Waals surface area contributed by atoms with Crippen molar-refractivity contribution < 1.29 is 29.3 Å². The molecule has 0 atom stereocenters. The van der Waals surface area contributed by atoms with Gasteiger partial charge in [-0.25, -0.2) is 9.59 Å². The van der Waals surface area contributed by atoms with Gasteiger partial charge in [0, 0.05) is 0 Å². The van der Waals surface area contributed by atoms with Crippen LogP contribution in [-0.2, 0) is 9.47 Å². The van der Waals surface area contributed by atoms with Crippen molar-refractivity contribution in [1.29, 1.82) is 0 Å². The number of esters is 2. The topological polar surface area (TPSA) is 93.1 Å². The molecule has 6 heteroatoms. The number of carbonyl (C=O) groups excluding carboxylic acids is 2. The number of ether oxygens (including phenoxy) is 2. The lowest BCUT2D eigenvalue weighted by Crippen LogP contribution is -2.06. The van der Waals surface area contributed by atoms with Gasteiger partial charge < -0.3 is 19.7 Å². The second-order valence-corrected chi connectivity index (χ2v) is 12.7. The number of para-hydroxylation sites is 2. The summed E-state index contributed by atoms with van der Waals surface area (Å²) in [6.45, 7) is 5.38.